The van der Waals surface area contributed by atoms with Gasteiger partial charge in [-0.05, 0) is 48.4 Å². The van der Waals surface area contributed by atoms with E-state index in [1.165, 1.54) is 12.1 Å². The van der Waals surface area contributed by atoms with Crippen molar-refractivity contribution in [2.24, 2.45) is 5.73 Å². The van der Waals surface area contributed by atoms with Crippen molar-refractivity contribution >= 4 is 0 Å². The van der Waals surface area contributed by atoms with Crippen LogP contribution in [0.3, 0.4) is 0 Å². The molecule has 1 unspecified atom stereocenters. The molecule has 21 heavy (non-hydrogen) atoms. The topological polar surface area (TPSA) is 46.2 Å². The van der Waals surface area contributed by atoms with Crippen molar-refractivity contribution in [1.29, 1.82) is 0 Å². The summed E-state index contributed by atoms with van der Waals surface area (Å²) in [5.74, 6) is 0.173. The number of aromatic hydroxyl groups is 1. The quantitative estimate of drug-likeness (QED) is 0.903. The zero-order valence-corrected chi connectivity index (χ0v) is 11.3. The fraction of sp³-hybridized carbons (Fsp3) is 0.250. The van der Waals surface area contributed by atoms with Gasteiger partial charge < -0.3 is 10.8 Å². The highest BCUT2D eigenvalue weighted by Crippen LogP contribution is 2.30. The van der Waals surface area contributed by atoms with E-state index in [0.29, 0.717) is 13.0 Å². The Morgan fingerprint density at radius 3 is 2.00 bits per heavy atom. The first-order valence-electron chi connectivity index (χ1n) is 6.55. The van der Waals surface area contributed by atoms with Crippen molar-refractivity contribution < 1.29 is 18.3 Å². The van der Waals surface area contributed by atoms with Crippen LogP contribution in [0.5, 0.6) is 5.75 Å². The number of benzene rings is 2. The Kier molecular flexibility index (Phi) is 4.53. The molecule has 3 N–H and O–H groups in total. The molecule has 0 saturated carbocycles. The third-order valence-corrected chi connectivity index (χ3v) is 3.41. The molecule has 0 heterocycles. The number of phenolic OH excluding ortho intramolecular Hbond substituents is 1. The molecule has 0 aliphatic heterocycles. The first-order chi connectivity index (χ1) is 9.90. The van der Waals surface area contributed by atoms with Gasteiger partial charge in [0.1, 0.15) is 5.75 Å². The number of rotatable bonds is 4. The highest BCUT2D eigenvalue weighted by molar-refractivity contribution is 5.31. The van der Waals surface area contributed by atoms with Crippen molar-refractivity contribution in [3.63, 3.8) is 0 Å². The van der Waals surface area contributed by atoms with Crippen molar-refractivity contribution in [3.05, 3.63) is 65.2 Å². The molecule has 0 aromatic heterocycles. The van der Waals surface area contributed by atoms with Crippen molar-refractivity contribution in [2.45, 2.75) is 18.5 Å². The Labute approximate surface area is 121 Å². The lowest BCUT2D eigenvalue weighted by atomic mass is 9.91. The third kappa shape index (κ3) is 3.98. The highest BCUT2D eigenvalue weighted by Gasteiger charge is 2.29. The first kappa shape index (κ1) is 15.4. The lowest BCUT2D eigenvalue weighted by Gasteiger charge is -2.16. The van der Waals surface area contributed by atoms with E-state index in [-0.39, 0.29) is 11.7 Å². The summed E-state index contributed by atoms with van der Waals surface area (Å²) in [5.41, 5.74) is 6.85. The van der Waals surface area contributed by atoms with Gasteiger partial charge in [-0.3, -0.25) is 0 Å². The molecular formula is C16H16F3NO. The van der Waals surface area contributed by atoms with Crippen LogP contribution in [-0.2, 0) is 12.6 Å². The summed E-state index contributed by atoms with van der Waals surface area (Å²) in [4.78, 5) is 0. The van der Waals surface area contributed by atoms with E-state index in [9.17, 15) is 18.3 Å². The molecule has 1 atom stereocenters. The smallest absolute Gasteiger partial charge is 0.416 e. The first-order valence-corrected chi connectivity index (χ1v) is 6.55. The van der Waals surface area contributed by atoms with E-state index < -0.39 is 11.7 Å². The van der Waals surface area contributed by atoms with Gasteiger partial charge in [0, 0.05) is 5.92 Å². The Morgan fingerprint density at radius 2 is 1.52 bits per heavy atom. The maximum atomic E-state index is 12.5. The molecule has 2 aromatic rings. The Bertz CT molecular complexity index is 576. The third-order valence-electron chi connectivity index (χ3n) is 3.41. The molecule has 0 saturated heterocycles. The molecule has 0 aliphatic rings. The van der Waals surface area contributed by atoms with E-state index in [2.05, 4.69) is 0 Å². The molecule has 5 heteroatoms. The molecule has 2 rings (SSSR count). The molecule has 0 amide bonds. The Morgan fingerprint density at radius 1 is 0.952 bits per heavy atom. The lowest BCUT2D eigenvalue weighted by molar-refractivity contribution is -0.137. The SMILES string of the molecule is NCC(Cc1ccc(C(F)(F)F)cc1)c1ccc(O)cc1. The minimum absolute atomic E-state index is 0.00216. The standard InChI is InChI=1S/C16H16F3NO/c17-16(18,19)14-5-1-11(2-6-14)9-13(10-20)12-3-7-15(21)8-4-12/h1-8,13,21H,9-10,20H2. The van der Waals surface area contributed by atoms with Crippen LogP contribution < -0.4 is 5.73 Å². The predicted octanol–water partition coefficient (Wildman–Crippen LogP) is 3.70. The zero-order chi connectivity index (χ0) is 15.5. The van der Waals surface area contributed by atoms with Gasteiger partial charge in [-0.2, -0.15) is 13.2 Å². The maximum absolute atomic E-state index is 12.5. The number of hydrogen-bond acceptors (Lipinski definition) is 2. The molecule has 0 fully saturated rings. The molecule has 0 aliphatic carbocycles. The largest absolute Gasteiger partial charge is 0.508 e. The normalized spacial score (nSPS) is 13.1. The van der Waals surface area contributed by atoms with Crippen LogP contribution >= 0.6 is 0 Å². The summed E-state index contributed by atoms with van der Waals surface area (Å²) >= 11 is 0. The van der Waals surface area contributed by atoms with Crippen LogP contribution in [0.4, 0.5) is 13.2 Å². The van der Waals surface area contributed by atoms with Crippen molar-refractivity contribution in [3.8, 4) is 5.75 Å². The van der Waals surface area contributed by atoms with E-state index in [1.807, 2.05) is 0 Å². The second-order valence-electron chi connectivity index (χ2n) is 4.92. The van der Waals surface area contributed by atoms with Crippen LogP contribution in [0.1, 0.15) is 22.6 Å². The fourth-order valence-corrected chi connectivity index (χ4v) is 2.20. The molecule has 0 radical (unpaired) electrons. The van der Waals surface area contributed by atoms with Gasteiger partial charge in [-0.25, -0.2) is 0 Å². The molecule has 2 nitrogen and oxygen atoms in total. The van der Waals surface area contributed by atoms with Gasteiger partial charge in [-0.15, -0.1) is 0 Å². The van der Waals surface area contributed by atoms with Gasteiger partial charge in [0.2, 0.25) is 0 Å². The van der Waals surface area contributed by atoms with Gasteiger partial charge in [0.25, 0.3) is 0 Å². The number of hydrogen-bond donors (Lipinski definition) is 2. The van der Waals surface area contributed by atoms with Crippen LogP contribution in [0.25, 0.3) is 0 Å². The number of phenols is 1. The van der Waals surface area contributed by atoms with Crippen molar-refractivity contribution in [2.75, 3.05) is 6.54 Å². The summed E-state index contributed by atoms with van der Waals surface area (Å²) in [6.45, 7) is 0.381. The maximum Gasteiger partial charge on any atom is 0.416 e. The van der Waals surface area contributed by atoms with E-state index in [0.717, 1.165) is 23.3 Å². The monoisotopic (exact) mass is 295 g/mol. The minimum atomic E-state index is -4.32. The van der Waals surface area contributed by atoms with Gasteiger partial charge in [0.15, 0.2) is 0 Å². The van der Waals surface area contributed by atoms with Crippen molar-refractivity contribution in [1.82, 2.24) is 0 Å². The fourth-order valence-electron chi connectivity index (χ4n) is 2.20. The van der Waals surface area contributed by atoms with Crippen LogP contribution in [0.2, 0.25) is 0 Å². The van der Waals surface area contributed by atoms with Crippen LogP contribution in [0, 0.1) is 0 Å². The number of nitrogens with two attached hydrogens (primary N) is 1. The van der Waals surface area contributed by atoms with Gasteiger partial charge in [-0.1, -0.05) is 24.3 Å². The molecule has 112 valence electrons. The Hall–Kier alpha value is -2.01. The minimum Gasteiger partial charge on any atom is -0.508 e. The van der Waals surface area contributed by atoms with E-state index in [4.69, 9.17) is 5.73 Å². The van der Waals surface area contributed by atoms with Gasteiger partial charge >= 0.3 is 6.18 Å². The molecular weight excluding hydrogens is 279 g/mol. The summed E-state index contributed by atoms with van der Waals surface area (Å²) in [6.07, 6.45) is -3.76. The van der Waals surface area contributed by atoms with Crippen LogP contribution in [-0.4, -0.2) is 11.7 Å². The summed E-state index contributed by atoms with van der Waals surface area (Å²) in [7, 11) is 0. The average Bonchev–Trinajstić information content (AvgIpc) is 2.45. The summed E-state index contributed by atoms with van der Waals surface area (Å²) in [5, 5.41) is 9.27. The second-order valence-corrected chi connectivity index (χ2v) is 4.92. The highest BCUT2D eigenvalue weighted by atomic mass is 19.4. The average molecular weight is 295 g/mol. The Balaban J connectivity index is 2.13. The van der Waals surface area contributed by atoms with Gasteiger partial charge in [0.05, 0.1) is 5.56 Å². The zero-order valence-electron chi connectivity index (χ0n) is 11.3. The summed E-state index contributed by atoms with van der Waals surface area (Å²) < 4.78 is 37.5. The molecule has 2 aromatic carbocycles. The number of halogens is 3. The van der Waals surface area contributed by atoms with E-state index in [1.54, 1.807) is 24.3 Å². The van der Waals surface area contributed by atoms with E-state index >= 15 is 0 Å². The number of alkyl halides is 3. The van der Waals surface area contributed by atoms with Crippen LogP contribution in [0.15, 0.2) is 48.5 Å². The predicted molar refractivity (Wildman–Crippen MR) is 75.1 cm³/mol. The second kappa shape index (κ2) is 6.18. The lowest BCUT2D eigenvalue weighted by Crippen LogP contribution is -2.15. The summed E-state index contributed by atoms with van der Waals surface area (Å²) in [6, 6.07) is 11.8. The molecule has 0 spiro atoms. The molecule has 0 bridgehead atoms.